The number of benzene rings is 8. The van der Waals surface area contributed by atoms with Crippen LogP contribution < -0.4 is 5.32 Å². The van der Waals surface area contributed by atoms with Gasteiger partial charge in [0.05, 0.1) is 11.0 Å². The summed E-state index contributed by atoms with van der Waals surface area (Å²) in [5.74, 6) is 1.83. The Balaban J connectivity index is 1.26. The molecular formula is C48H32N6. The van der Waals surface area contributed by atoms with Crippen LogP contribution in [0.3, 0.4) is 0 Å². The molecule has 0 unspecified atom stereocenters. The van der Waals surface area contributed by atoms with Crippen LogP contribution in [0.25, 0.3) is 83.2 Å². The van der Waals surface area contributed by atoms with Crippen LogP contribution in [0.4, 0.5) is 11.4 Å². The summed E-state index contributed by atoms with van der Waals surface area (Å²) < 4.78 is 2.35. The van der Waals surface area contributed by atoms with Crippen molar-refractivity contribution in [3.05, 3.63) is 181 Å². The standard InChI is InChI=1S/C48H32N6/c49-30-40-41(50-36-19-8-3-9-20-36)27-28-42-44(40)39-26-25-32-24-23-31-13-10-11-22-38(31)43(32)45(39)54(42)37-21-12-18-35(29-37)48-52-46(33-14-4-1-5-15-33)51-47(53-48)34-16-6-2-7-17-34/h1-30,49-50H. The summed E-state index contributed by atoms with van der Waals surface area (Å²) in [4.78, 5) is 15.0. The molecule has 10 rings (SSSR count). The first-order valence-corrected chi connectivity index (χ1v) is 18.0. The molecule has 0 aliphatic rings. The van der Waals surface area contributed by atoms with Crippen molar-refractivity contribution in [3.63, 3.8) is 0 Å². The molecule has 0 saturated carbocycles. The van der Waals surface area contributed by atoms with Gasteiger partial charge in [-0.25, -0.2) is 15.0 Å². The number of anilines is 2. The Morgan fingerprint density at radius 3 is 1.78 bits per heavy atom. The third-order valence-electron chi connectivity index (χ3n) is 10.1. The van der Waals surface area contributed by atoms with Crippen LogP contribution in [-0.4, -0.2) is 25.7 Å². The van der Waals surface area contributed by atoms with E-state index in [0.29, 0.717) is 17.5 Å². The van der Waals surface area contributed by atoms with E-state index in [-0.39, 0.29) is 0 Å². The molecule has 0 bridgehead atoms. The second-order valence-corrected chi connectivity index (χ2v) is 13.3. The largest absolute Gasteiger partial charge is 0.355 e. The molecule has 2 aromatic heterocycles. The Bertz CT molecular complexity index is 2970. The molecule has 0 spiro atoms. The first kappa shape index (κ1) is 31.3. The zero-order chi connectivity index (χ0) is 36.0. The minimum atomic E-state index is 0.593. The van der Waals surface area contributed by atoms with Crippen LogP contribution in [-0.2, 0) is 0 Å². The molecule has 0 aliphatic heterocycles. The molecule has 0 radical (unpaired) electrons. The topological polar surface area (TPSA) is 79.5 Å². The highest BCUT2D eigenvalue weighted by Crippen LogP contribution is 2.42. The maximum atomic E-state index is 8.75. The van der Waals surface area contributed by atoms with E-state index in [4.69, 9.17) is 20.4 Å². The molecule has 254 valence electrons. The second-order valence-electron chi connectivity index (χ2n) is 13.3. The molecule has 0 aliphatic carbocycles. The lowest BCUT2D eigenvalue weighted by atomic mass is 9.98. The maximum absolute atomic E-state index is 8.75. The predicted octanol–water partition coefficient (Wildman–Crippen LogP) is 12.0. The minimum Gasteiger partial charge on any atom is -0.355 e. The van der Waals surface area contributed by atoms with E-state index in [9.17, 15) is 0 Å². The molecule has 6 heteroatoms. The van der Waals surface area contributed by atoms with Crippen molar-refractivity contribution in [2.45, 2.75) is 0 Å². The van der Waals surface area contributed by atoms with Crippen molar-refractivity contribution < 1.29 is 0 Å². The quantitative estimate of drug-likeness (QED) is 0.129. The molecular weight excluding hydrogens is 661 g/mol. The Kier molecular flexibility index (Phi) is 7.51. The van der Waals surface area contributed by atoms with Gasteiger partial charge in [0.2, 0.25) is 0 Å². The van der Waals surface area contributed by atoms with Crippen molar-refractivity contribution in [1.82, 2.24) is 19.5 Å². The molecule has 2 heterocycles. The van der Waals surface area contributed by atoms with Crippen LogP contribution >= 0.6 is 0 Å². The normalized spacial score (nSPS) is 11.4. The first-order chi connectivity index (χ1) is 26.7. The van der Waals surface area contributed by atoms with Crippen LogP contribution in [0.1, 0.15) is 5.56 Å². The van der Waals surface area contributed by atoms with Gasteiger partial charge in [0.25, 0.3) is 0 Å². The number of rotatable bonds is 7. The lowest BCUT2D eigenvalue weighted by molar-refractivity contribution is 1.07. The Morgan fingerprint density at radius 2 is 1.07 bits per heavy atom. The summed E-state index contributed by atoms with van der Waals surface area (Å²) in [6.45, 7) is 0. The smallest absolute Gasteiger partial charge is 0.164 e. The average Bonchev–Trinajstić information content (AvgIpc) is 3.59. The van der Waals surface area contributed by atoms with Crippen LogP contribution in [0.2, 0.25) is 0 Å². The number of nitrogens with zero attached hydrogens (tertiary/aromatic N) is 4. The van der Waals surface area contributed by atoms with Crippen molar-refractivity contribution in [3.8, 4) is 39.9 Å². The Morgan fingerprint density at radius 1 is 0.481 bits per heavy atom. The highest BCUT2D eigenvalue weighted by Gasteiger charge is 2.21. The van der Waals surface area contributed by atoms with Gasteiger partial charge < -0.3 is 15.3 Å². The van der Waals surface area contributed by atoms with Crippen molar-refractivity contribution in [1.29, 1.82) is 5.41 Å². The molecule has 6 nitrogen and oxygen atoms in total. The third kappa shape index (κ3) is 5.28. The van der Waals surface area contributed by atoms with E-state index in [0.717, 1.165) is 66.5 Å². The Hall–Kier alpha value is -7.44. The third-order valence-corrected chi connectivity index (χ3v) is 10.1. The fraction of sp³-hybridized carbons (Fsp3) is 0. The minimum absolute atomic E-state index is 0.593. The average molecular weight is 693 g/mol. The van der Waals surface area contributed by atoms with E-state index in [1.807, 2.05) is 91.0 Å². The van der Waals surface area contributed by atoms with E-state index >= 15 is 0 Å². The van der Waals surface area contributed by atoms with Crippen LogP contribution in [0.15, 0.2) is 176 Å². The number of hydrogen-bond donors (Lipinski definition) is 2. The molecule has 0 amide bonds. The van der Waals surface area contributed by atoms with Crippen molar-refractivity contribution in [2.75, 3.05) is 5.32 Å². The zero-order valence-corrected chi connectivity index (χ0v) is 29.1. The second kappa shape index (κ2) is 13.0. The zero-order valence-electron chi connectivity index (χ0n) is 29.1. The molecule has 2 N–H and O–H groups in total. The summed E-state index contributed by atoms with van der Waals surface area (Å²) >= 11 is 0. The number of aromatic nitrogens is 4. The summed E-state index contributed by atoms with van der Waals surface area (Å²) in [5.41, 5.74) is 8.45. The van der Waals surface area contributed by atoms with Crippen molar-refractivity contribution in [2.24, 2.45) is 0 Å². The summed E-state index contributed by atoms with van der Waals surface area (Å²) in [7, 11) is 0. The van der Waals surface area contributed by atoms with Gasteiger partial charge in [0.15, 0.2) is 17.5 Å². The van der Waals surface area contributed by atoms with Crippen LogP contribution in [0.5, 0.6) is 0 Å². The van der Waals surface area contributed by atoms with E-state index in [2.05, 4.69) is 94.8 Å². The van der Waals surface area contributed by atoms with Gasteiger partial charge in [-0.2, -0.15) is 0 Å². The van der Waals surface area contributed by atoms with Crippen molar-refractivity contribution >= 4 is 60.9 Å². The summed E-state index contributed by atoms with van der Waals surface area (Å²) in [6, 6.07) is 60.3. The first-order valence-electron chi connectivity index (χ1n) is 18.0. The predicted molar refractivity (Wildman–Crippen MR) is 223 cm³/mol. The maximum Gasteiger partial charge on any atom is 0.164 e. The van der Waals surface area contributed by atoms with Gasteiger partial charge in [-0.05, 0) is 52.6 Å². The summed E-state index contributed by atoms with van der Waals surface area (Å²) in [6.07, 6.45) is 1.47. The monoisotopic (exact) mass is 692 g/mol. The van der Waals surface area contributed by atoms with E-state index < -0.39 is 0 Å². The van der Waals surface area contributed by atoms with Crippen LogP contribution in [0, 0.1) is 5.41 Å². The number of hydrogen-bond acceptors (Lipinski definition) is 5. The Labute approximate surface area is 311 Å². The lowest BCUT2D eigenvalue weighted by Gasteiger charge is -2.14. The molecule has 0 atom stereocenters. The highest BCUT2D eigenvalue weighted by molar-refractivity contribution is 6.28. The fourth-order valence-corrected chi connectivity index (χ4v) is 7.64. The van der Waals surface area contributed by atoms with Gasteiger partial charge in [-0.15, -0.1) is 0 Å². The summed E-state index contributed by atoms with van der Waals surface area (Å²) in [5, 5.41) is 19.1. The van der Waals surface area contributed by atoms with Gasteiger partial charge in [0.1, 0.15) is 0 Å². The molecule has 10 aromatic rings. The molecule has 54 heavy (non-hydrogen) atoms. The fourth-order valence-electron chi connectivity index (χ4n) is 7.64. The SMILES string of the molecule is N=Cc1c(Nc2ccccc2)ccc2c1c1ccc3ccc4ccccc4c3c1n2-c1cccc(-c2nc(-c3ccccc3)nc(-c3ccccc3)n2)c1. The van der Waals surface area contributed by atoms with Gasteiger partial charge in [0, 0.05) is 61.7 Å². The van der Waals surface area contributed by atoms with Gasteiger partial charge >= 0.3 is 0 Å². The van der Waals surface area contributed by atoms with E-state index in [1.165, 1.54) is 22.4 Å². The van der Waals surface area contributed by atoms with E-state index in [1.54, 1.807) is 0 Å². The number of nitrogens with one attached hydrogen (secondary N) is 2. The number of para-hydroxylation sites is 1. The van der Waals surface area contributed by atoms with Gasteiger partial charge in [-0.3, -0.25) is 0 Å². The molecule has 8 aromatic carbocycles. The lowest BCUT2D eigenvalue weighted by Crippen LogP contribution is -2.01. The number of fused-ring (bicyclic) bond motifs is 7. The molecule has 0 saturated heterocycles. The van der Waals surface area contributed by atoms with Gasteiger partial charge in [-0.1, -0.05) is 140 Å². The molecule has 0 fully saturated rings. The highest BCUT2D eigenvalue weighted by atomic mass is 15.0.